The van der Waals surface area contributed by atoms with Crippen molar-refractivity contribution >= 4 is 11.8 Å². The zero-order valence-corrected chi connectivity index (χ0v) is 11.2. The SMILES string of the molecule is Cn1ccc(C(=O)CCN2CCC(C(=O)O)CC2)c1. The third kappa shape index (κ3) is 3.67. The van der Waals surface area contributed by atoms with Gasteiger partial charge in [0, 0.05) is 38.0 Å². The van der Waals surface area contributed by atoms with E-state index in [1.54, 1.807) is 0 Å². The van der Waals surface area contributed by atoms with Gasteiger partial charge in [0.25, 0.3) is 0 Å². The van der Waals surface area contributed by atoms with Crippen molar-refractivity contribution in [1.29, 1.82) is 0 Å². The molecule has 5 nitrogen and oxygen atoms in total. The van der Waals surface area contributed by atoms with E-state index >= 15 is 0 Å². The van der Waals surface area contributed by atoms with E-state index < -0.39 is 5.97 Å². The van der Waals surface area contributed by atoms with Crippen LogP contribution in [0.4, 0.5) is 0 Å². The number of likely N-dealkylation sites (tertiary alicyclic amines) is 1. The first-order valence-corrected chi connectivity index (χ1v) is 6.66. The van der Waals surface area contributed by atoms with Crippen LogP contribution in [0.3, 0.4) is 0 Å². The highest BCUT2D eigenvalue weighted by atomic mass is 16.4. The molecular weight excluding hydrogens is 244 g/mol. The Kier molecular flexibility index (Phi) is 4.37. The fourth-order valence-corrected chi connectivity index (χ4v) is 2.48. The summed E-state index contributed by atoms with van der Waals surface area (Å²) >= 11 is 0. The minimum Gasteiger partial charge on any atom is -0.481 e. The number of aliphatic carboxylic acids is 1. The molecule has 0 amide bonds. The van der Waals surface area contributed by atoms with Crippen LogP contribution in [0.15, 0.2) is 18.5 Å². The molecule has 19 heavy (non-hydrogen) atoms. The summed E-state index contributed by atoms with van der Waals surface area (Å²) in [7, 11) is 1.90. The number of aromatic nitrogens is 1. The summed E-state index contributed by atoms with van der Waals surface area (Å²) in [6.07, 6.45) is 5.58. The van der Waals surface area contributed by atoms with Crippen LogP contribution < -0.4 is 0 Å². The average Bonchev–Trinajstić information content (AvgIpc) is 2.83. The number of carbonyl (C=O) groups excluding carboxylic acids is 1. The van der Waals surface area contributed by atoms with Crippen molar-refractivity contribution in [1.82, 2.24) is 9.47 Å². The summed E-state index contributed by atoms with van der Waals surface area (Å²) in [6.45, 7) is 2.28. The van der Waals surface area contributed by atoms with Crippen LogP contribution in [0.5, 0.6) is 0 Å². The van der Waals surface area contributed by atoms with Crippen LogP contribution in [0, 0.1) is 5.92 Å². The van der Waals surface area contributed by atoms with Gasteiger partial charge in [-0.2, -0.15) is 0 Å². The quantitative estimate of drug-likeness (QED) is 0.816. The minimum absolute atomic E-state index is 0.154. The largest absolute Gasteiger partial charge is 0.481 e. The van der Waals surface area contributed by atoms with Gasteiger partial charge >= 0.3 is 5.97 Å². The average molecular weight is 264 g/mol. The Bertz CT molecular complexity index is 459. The highest BCUT2D eigenvalue weighted by molar-refractivity contribution is 5.96. The van der Waals surface area contributed by atoms with E-state index in [0.717, 1.165) is 25.2 Å². The molecule has 0 spiro atoms. The Morgan fingerprint density at radius 1 is 1.37 bits per heavy atom. The summed E-state index contributed by atoms with van der Waals surface area (Å²) in [6, 6.07) is 1.83. The predicted octanol–water partition coefficient (Wildman–Crippen LogP) is 1.39. The number of aryl methyl sites for hydroxylation is 1. The highest BCUT2D eigenvalue weighted by Crippen LogP contribution is 2.17. The van der Waals surface area contributed by atoms with Gasteiger partial charge in [0.2, 0.25) is 0 Å². The second-order valence-corrected chi connectivity index (χ2v) is 5.19. The molecule has 0 aromatic carbocycles. The number of ketones is 1. The van der Waals surface area contributed by atoms with Crippen LogP contribution >= 0.6 is 0 Å². The Morgan fingerprint density at radius 2 is 2.05 bits per heavy atom. The van der Waals surface area contributed by atoms with Gasteiger partial charge in [0.15, 0.2) is 5.78 Å². The highest BCUT2D eigenvalue weighted by Gasteiger charge is 2.24. The van der Waals surface area contributed by atoms with E-state index in [2.05, 4.69) is 4.90 Å². The molecule has 104 valence electrons. The molecule has 1 aromatic rings. The summed E-state index contributed by atoms with van der Waals surface area (Å²) in [4.78, 5) is 25.0. The first-order valence-electron chi connectivity index (χ1n) is 6.66. The van der Waals surface area contributed by atoms with E-state index in [1.165, 1.54) is 0 Å². The first kappa shape index (κ1) is 13.8. The van der Waals surface area contributed by atoms with E-state index in [0.29, 0.717) is 19.3 Å². The Hall–Kier alpha value is -1.62. The molecule has 1 aliphatic rings. The lowest BCUT2D eigenvalue weighted by Crippen LogP contribution is -2.37. The monoisotopic (exact) mass is 264 g/mol. The number of piperidine rings is 1. The third-order valence-corrected chi connectivity index (χ3v) is 3.75. The molecule has 0 aliphatic carbocycles. The molecule has 1 N–H and O–H groups in total. The summed E-state index contributed by atoms with van der Waals surface area (Å²) in [5.74, 6) is -0.748. The topological polar surface area (TPSA) is 62.5 Å². The summed E-state index contributed by atoms with van der Waals surface area (Å²) in [5.41, 5.74) is 0.753. The number of hydrogen-bond donors (Lipinski definition) is 1. The maximum absolute atomic E-state index is 11.9. The van der Waals surface area contributed by atoms with Gasteiger partial charge in [-0.05, 0) is 32.0 Å². The minimum atomic E-state index is -0.694. The van der Waals surface area contributed by atoms with E-state index in [1.807, 2.05) is 30.1 Å². The molecule has 2 rings (SSSR count). The fraction of sp³-hybridized carbons (Fsp3) is 0.571. The van der Waals surface area contributed by atoms with Gasteiger partial charge in [-0.3, -0.25) is 9.59 Å². The molecule has 0 radical (unpaired) electrons. The summed E-state index contributed by atoms with van der Waals surface area (Å²) < 4.78 is 1.87. The molecule has 1 aromatic heterocycles. The van der Waals surface area contributed by atoms with Gasteiger partial charge in [0.05, 0.1) is 5.92 Å². The third-order valence-electron chi connectivity index (χ3n) is 3.75. The van der Waals surface area contributed by atoms with Crippen LogP contribution in [0.25, 0.3) is 0 Å². The number of nitrogens with zero attached hydrogens (tertiary/aromatic N) is 2. The maximum Gasteiger partial charge on any atom is 0.306 e. The van der Waals surface area contributed by atoms with E-state index in [9.17, 15) is 9.59 Å². The molecular formula is C14H20N2O3. The maximum atomic E-state index is 11.9. The molecule has 1 saturated heterocycles. The van der Waals surface area contributed by atoms with E-state index in [4.69, 9.17) is 5.11 Å². The van der Waals surface area contributed by atoms with Crippen LogP contribution in [-0.2, 0) is 11.8 Å². The molecule has 2 heterocycles. The number of carboxylic acid groups (broad SMARTS) is 1. The second kappa shape index (κ2) is 6.02. The lowest BCUT2D eigenvalue weighted by molar-refractivity contribution is -0.143. The van der Waals surface area contributed by atoms with Crippen LogP contribution in [0.2, 0.25) is 0 Å². The zero-order chi connectivity index (χ0) is 13.8. The lowest BCUT2D eigenvalue weighted by Gasteiger charge is -2.29. The van der Waals surface area contributed by atoms with Gasteiger partial charge in [-0.1, -0.05) is 0 Å². The van der Waals surface area contributed by atoms with Crippen molar-refractivity contribution in [3.05, 3.63) is 24.0 Å². The van der Waals surface area contributed by atoms with Crippen molar-refractivity contribution in [2.24, 2.45) is 13.0 Å². The van der Waals surface area contributed by atoms with E-state index in [-0.39, 0.29) is 11.7 Å². The Balaban J connectivity index is 1.75. The number of carbonyl (C=O) groups is 2. The van der Waals surface area contributed by atoms with Crippen molar-refractivity contribution in [2.75, 3.05) is 19.6 Å². The van der Waals surface area contributed by atoms with Crippen molar-refractivity contribution in [2.45, 2.75) is 19.3 Å². The molecule has 0 unspecified atom stereocenters. The smallest absolute Gasteiger partial charge is 0.306 e. The van der Waals surface area contributed by atoms with Crippen molar-refractivity contribution in [3.63, 3.8) is 0 Å². The molecule has 0 atom stereocenters. The van der Waals surface area contributed by atoms with Crippen molar-refractivity contribution in [3.8, 4) is 0 Å². The number of hydrogen-bond acceptors (Lipinski definition) is 3. The molecule has 1 aliphatic heterocycles. The number of rotatable bonds is 5. The van der Waals surface area contributed by atoms with Crippen LogP contribution in [0.1, 0.15) is 29.6 Å². The van der Waals surface area contributed by atoms with Gasteiger partial charge in [-0.15, -0.1) is 0 Å². The second-order valence-electron chi connectivity index (χ2n) is 5.19. The first-order chi connectivity index (χ1) is 9.06. The number of carboxylic acids is 1. The molecule has 1 fully saturated rings. The molecule has 5 heteroatoms. The standard InChI is InChI=1S/C14H20N2O3/c1-15-6-2-12(10-15)13(17)5-9-16-7-3-11(4-8-16)14(18)19/h2,6,10-11H,3-5,7-9H2,1H3,(H,18,19). The zero-order valence-electron chi connectivity index (χ0n) is 11.2. The summed E-state index contributed by atoms with van der Waals surface area (Å²) in [5, 5.41) is 8.92. The lowest BCUT2D eigenvalue weighted by atomic mass is 9.97. The Morgan fingerprint density at radius 3 is 2.58 bits per heavy atom. The van der Waals surface area contributed by atoms with Gasteiger partial charge in [-0.25, -0.2) is 0 Å². The fourth-order valence-electron chi connectivity index (χ4n) is 2.48. The van der Waals surface area contributed by atoms with Crippen molar-refractivity contribution < 1.29 is 14.7 Å². The number of Topliss-reactive ketones (excluding diaryl/α,β-unsaturated/α-hetero) is 1. The van der Waals surface area contributed by atoms with Crippen LogP contribution in [-0.4, -0.2) is 46.0 Å². The molecule has 0 saturated carbocycles. The molecule has 0 bridgehead atoms. The normalized spacial score (nSPS) is 17.5. The Labute approximate surface area is 112 Å². The van der Waals surface area contributed by atoms with Gasteiger partial charge < -0.3 is 14.6 Å². The predicted molar refractivity (Wildman–Crippen MR) is 71.2 cm³/mol. The van der Waals surface area contributed by atoms with Gasteiger partial charge in [0.1, 0.15) is 0 Å².